The zero-order valence-electron chi connectivity index (χ0n) is 18.2. The maximum absolute atomic E-state index is 12.6. The molecule has 2 aliphatic heterocycles. The van der Waals surface area contributed by atoms with Crippen molar-refractivity contribution in [3.05, 3.63) is 59.7 Å². The molecule has 2 saturated heterocycles. The minimum atomic E-state index is -4.45. The largest absolute Gasteiger partial charge is 0.487 e. The maximum Gasteiger partial charge on any atom is 0.438 e. The Morgan fingerprint density at radius 3 is 1.19 bits per heavy atom. The average Bonchev–Trinajstić information content (AvgIpc) is 2.75. The number of halogens is 6. The molecule has 0 aromatic heterocycles. The maximum atomic E-state index is 12.6. The number of hydrogen-bond acceptors (Lipinski definition) is 8. The summed E-state index contributed by atoms with van der Waals surface area (Å²) in [5.41, 5.74) is -1.62. The molecule has 4 rings (SSSR count). The van der Waals surface area contributed by atoms with Gasteiger partial charge in [-0.15, -0.1) is 10.1 Å². The third-order valence-electron chi connectivity index (χ3n) is 5.19. The van der Waals surface area contributed by atoms with Crippen LogP contribution in [0, 0.1) is 0 Å². The van der Waals surface area contributed by atoms with Crippen molar-refractivity contribution in [2.75, 3.05) is 26.2 Å². The van der Waals surface area contributed by atoms with Gasteiger partial charge in [0.05, 0.1) is 37.3 Å². The Hall–Kier alpha value is -3.52. The fourth-order valence-corrected chi connectivity index (χ4v) is 3.24. The molecule has 0 spiro atoms. The van der Waals surface area contributed by atoms with E-state index in [2.05, 4.69) is 0 Å². The van der Waals surface area contributed by atoms with Crippen molar-refractivity contribution in [2.24, 2.45) is 0 Å². The first-order valence-electron chi connectivity index (χ1n) is 10.5. The van der Waals surface area contributed by atoms with Crippen molar-refractivity contribution in [3.63, 3.8) is 0 Å². The second-order valence-electron chi connectivity index (χ2n) is 7.98. The Kier molecular flexibility index (Phi) is 7.00. The molecule has 0 unspecified atom stereocenters. The molecule has 8 nitrogen and oxygen atoms in total. The number of hydrogen-bond donors (Lipinski definition) is 0. The second-order valence-corrected chi connectivity index (χ2v) is 7.98. The van der Waals surface area contributed by atoms with E-state index in [1.165, 1.54) is 24.3 Å². The van der Waals surface area contributed by atoms with Crippen LogP contribution < -0.4 is 9.47 Å². The average molecular weight is 520 g/mol. The van der Waals surface area contributed by atoms with Crippen molar-refractivity contribution in [2.45, 2.75) is 24.6 Å². The number of nitrogens with zero attached hydrogens (tertiary/aromatic N) is 2. The van der Waals surface area contributed by atoms with Crippen molar-refractivity contribution in [1.82, 2.24) is 10.1 Å². The van der Waals surface area contributed by atoms with Crippen LogP contribution in [0.3, 0.4) is 0 Å². The van der Waals surface area contributed by atoms with E-state index in [1.54, 1.807) is 0 Å². The Bertz CT molecular complexity index is 991. The fraction of sp³-hybridized carbons (Fsp3) is 0.364. The first-order valence-corrected chi connectivity index (χ1v) is 10.5. The van der Waals surface area contributed by atoms with Crippen LogP contribution in [0.15, 0.2) is 48.5 Å². The number of carbonyl (C=O) groups is 2. The summed E-state index contributed by atoms with van der Waals surface area (Å²) >= 11 is 0. The van der Waals surface area contributed by atoms with Gasteiger partial charge in [-0.3, -0.25) is 0 Å². The van der Waals surface area contributed by atoms with Gasteiger partial charge in [0, 0.05) is 0 Å². The molecule has 14 heteroatoms. The van der Waals surface area contributed by atoms with Gasteiger partial charge in [-0.25, -0.2) is 9.59 Å². The first kappa shape index (κ1) is 25.6. The van der Waals surface area contributed by atoms with Crippen molar-refractivity contribution in [3.8, 4) is 11.5 Å². The number of benzene rings is 2. The predicted octanol–water partition coefficient (Wildman–Crippen LogP) is 3.47. The Balaban J connectivity index is 1.12. The molecule has 36 heavy (non-hydrogen) atoms. The number of hydroxylamine groups is 4. The van der Waals surface area contributed by atoms with Gasteiger partial charge < -0.3 is 19.1 Å². The topological polar surface area (TPSA) is 77.5 Å². The van der Waals surface area contributed by atoms with E-state index in [0.29, 0.717) is 0 Å². The zero-order chi connectivity index (χ0) is 26.1. The third-order valence-corrected chi connectivity index (χ3v) is 5.19. The standard InChI is InChI=1S/C22H18F6N2O6/c23-21(24,25)13-1-5-15(6-2-13)33-17-9-29(10-17)35-19(31)20(32)36-30-11-18(12-30)34-16-7-3-14(4-8-16)22(26,27)28/h1-8,17-18H,9-12H2. The summed E-state index contributed by atoms with van der Waals surface area (Å²) in [6, 6.07) is 8.25. The highest BCUT2D eigenvalue weighted by atomic mass is 19.4. The Morgan fingerprint density at radius 1 is 0.611 bits per heavy atom. The number of ether oxygens (including phenoxy) is 2. The molecule has 2 fully saturated rings. The van der Waals surface area contributed by atoms with Crippen LogP contribution in [-0.4, -0.2) is 60.5 Å². The molecule has 0 amide bonds. The summed E-state index contributed by atoms with van der Waals surface area (Å²) in [7, 11) is 0. The molecule has 2 aromatic rings. The molecule has 0 bridgehead atoms. The van der Waals surface area contributed by atoms with E-state index in [9.17, 15) is 35.9 Å². The SMILES string of the molecule is O=C(ON1CC(Oc2ccc(C(F)(F)F)cc2)C1)C(=O)ON1CC(Oc2ccc(C(F)(F)F)cc2)C1. The first-order chi connectivity index (χ1) is 16.9. The lowest BCUT2D eigenvalue weighted by atomic mass is 10.2. The van der Waals surface area contributed by atoms with Crippen LogP contribution in [-0.2, 0) is 31.6 Å². The lowest BCUT2D eigenvalue weighted by Crippen LogP contribution is -2.56. The van der Waals surface area contributed by atoms with Gasteiger partial charge in [0.15, 0.2) is 0 Å². The lowest BCUT2D eigenvalue weighted by Gasteiger charge is -2.38. The summed E-state index contributed by atoms with van der Waals surface area (Å²) in [6.07, 6.45) is -9.82. The molecular weight excluding hydrogens is 502 g/mol. The van der Waals surface area contributed by atoms with Gasteiger partial charge in [-0.2, -0.15) is 26.3 Å². The highest BCUT2D eigenvalue weighted by molar-refractivity contribution is 6.29. The smallest absolute Gasteiger partial charge is 0.438 e. The third kappa shape index (κ3) is 6.37. The van der Waals surface area contributed by atoms with E-state index < -0.39 is 47.6 Å². The quantitative estimate of drug-likeness (QED) is 0.424. The van der Waals surface area contributed by atoms with Crippen molar-refractivity contribution >= 4 is 11.9 Å². The minimum absolute atomic E-state index is 0.0901. The van der Waals surface area contributed by atoms with E-state index in [4.69, 9.17) is 19.1 Å². The van der Waals surface area contributed by atoms with E-state index in [1.807, 2.05) is 0 Å². The van der Waals surface area contributed by atoms with Gasteiger partial charge in [0.25, 0.3) is 0 Å². The van der Waals surface area contributed by atoms with Crippen molar-refractivity contribution < 1.29 is 55.1 Å². The highest BCUT2D eigenvalue weighted by Crippen LogP contribution is 2.32. The summed E-state index contributed by atoms with van der Waals surface area (Å²) in [4.78, 5) is 33.4. The molecule has 0 saturated carbocycles. The fourth-order valence-electron chi connectivity index (χ4n) is 3.24. The molecule has 194 valence electrons. The van der Waals surface area contributed by atoms with Crippen LogP contribution in [0.5, 0.6) is 11.5 Å². The van der Waals surface area contributed by atoms with Crippen LogP contribution in [0.4, 0.5) is 26.3 Å². The molecule has 0 aliphatic carbocycles. The minimum Gasteiger partial charge on any atom is -0.487 e. The van der Waals surface area contributed by atoms with E-state index in [-0.39, 0.29) is 37.7 Å². The lowest BCUT2D eigenvalue weighted by molar-refractivity contribution is -0.250. The van der Waals surface area contributed by atoms with Crippen LogP contribution in [0.1, 0.15) is 11.1 Å². The normalized spacial score (nSPS) is 17.6. The summed E-state index contributed by atoms with van der Waals surface area (Å²) in [6.45, 7) is 0.360. The molecule has 2 aliphatic rings. The molecular formula is C22H18F6N2O6. The molecule has 2 aromatic carbocycles. The second kappa shape index (κ2) is 9.85. The zero-order valence-corrected chi connectivity index (χ0v) is 18.2. The predicted molar refractivity (Wildman–Crippen MR) is 107 cm³/mol. The number of rotatable bonds is 6. The summed E-state index contributed by atoms with van der Waals surface area (Å²) in [5, 5.41) is 2.26. The highest BCUT2D eigenvalue weighted by Gasteiger charge is 2.38. The van der Waals surface area contributed by atoms with Crippen LogP contribution in [0.25, 0.3) is 0 Å². The van der Waals surface area contributed by atoms with Gasteiger partial charge in [-0.05, 0) is 48.5 Å². The van der Waals surface area contributed by atoms with Gasteiger partial charge >= 0.3 is 24.3 Å². The van der Waals surface area contributed by atoms with E-state index >= 15 is 0 Å². The van der Waals surface area contributed by atoms with Gasteiger partial charge in [0.1, 0.15) is 23.7 Å². The monoisotopic (exact) mass is 520 g/mol. The van der Waals surface area contributed by atoms with Crippen molar-refractivity contribution in [1.29, 1.82) is 0 Å². The summed E-state index contributed by atoms with van der Waals surface area (Å²) < 4.78 is 86.4. The number of carbonyl (C=O) groups excluding carboxylic acids is 2. The Labute approximate surface area is 199 Å². The van der Waals surface area contributed by atoms with Crippen LogP contribution >= 0.6 is 0 Å². The number of alkyl halides is 6. The molecule has 0 radical (unpaired) electrons. The van der Waals surface area contributed by atoms with Gasteiger partial charge in [0.2, 0.25) is 0 Å². The summed E-state index contributed by atoms with van der Waals surface area (Å²) in [5.74, 6) is -2.14. The Morgan fingerprint density at radius 2 is 0.917 bits per heavy atom. The molecule has 0 N–H and O–H groups in total. The molecule has 0 atom stereocenters. The van der Waals surface area contributed by atoms with Crippen LogP contribution in [0.2, 0.25) is 0 Å². The van der Waals surface area contributed by atoms with Gasteiger partial charge in [-0.1, -0.05) is 0 Å². The van der Waals surface area contributed by atoms with E-state index in [0.717, 1.165) is 34.4 Å². The molecule has 2 heterocycles.